The Bertz CT molecular complexity index is 366. The fourth-order valence-corrected chi connectivity index (χ4v) is 1.33. The molecule has 0 aliphatic rings. The fourth-order valence-electron chi connectivity index (χ4n) is 1.08. The summed E-state index contributed by atoms with van der Waals surface area (Å²) in [5, 5.41) is 8.49. The number of carboxylic acids is 1. The van der Waals surface area contributed by atoms with Gasteiger partial charge in [0.15, 0.2) is 11.6 Å². The summed E-state index contributed by atoms with van der Waals surface area (Å²) in [6.45, 7) is 0. The maximum absolute atomic E-state index is 12.7. The molecule has 0 aliphatic heterocycles. The summed E-state index contributed by atoms with van der Waals surface area (Å²) < 4.78 is 25.4. The molecule has 0 unspecified atom stereocenters. The van der Waals surface area contributed by atoms with Crippen molar-refractivity contribution in [2.45, 2.75) is 12.3 Å². The molecule has 0 spiro atoms. The highest BCUT2D eigenvalue weighted by Crippen LogP contribution is 2.17. The smallest absolute Gasteiger partial charge is 0.307 e. The van der Waals surface area contributed by atoms with Gasteiger partial charge in [-0.2, -0.15) is 0 Å². The fraction of sp³-hybridized carbons (Fsp3) is 0.222. The highest BCUT2D eigenvalue weighted by atomic mass is 35.5. The molecule has 1 N–H and O–H groups in total. The van der Waals surface area contributed by atoms with E-state index in [2.05, 4.69) is 0 Å². The van der Waals surface area contributed by atoms with Crippen LogP contribution in [0.1, 0.15) is 11.1 Å². The molecule has 0 heterocycles. The summed E-state index contributed by atoms with van der Waals surface area (Å²) in [4.78, 5) is 10.4. The first kappa shape index (κ1) is 10.9. The van der Waals surface area contributed by atoms with Gasteiger partial charge in [0.25, 0.3) is 0 Å². The molecule has 5 heteroatoms. The Morgan fingerprint density at radius 3 is 2.21 bits per heavy atom. The second kappa shape index (κ2) is 4.37. The monoisotopic (exact) mass is 220 g/mol. The molecule has 1 aromatic carbocycles. The Labute approximate surface area is 84.1 Å². The van der Waals surface area contributed by atoms with Crippen LogP contribution in [-0.4, -0.2) is 11.1 Å². The Morgan fingerprint density at radius 1 is 1.29 bits per heavy atom. The number of rotatable bonds is 3. The summed E-state index contributed by atoms with van der Waals surface area (Å²) in [6, 6.07) is 1.78. The zero-order chi connectivity index (χ0) is 10.7. The molecular formula is C9H7ClF2O2. The molecule has 2 nitrogen and oxygen atoms in total. The molecule has 0 atom stereocenters. The van der Waals surface area contributed by atoms with Gasteiger partial charge in [-0.25, -0.2) is 8.78 Å². The normalized spacial score (nSPS) is 10.2. The molecule has 0 radical (unpaired) electrons. The van der Waals surface area contributed by atoms with Crippen molar-refractivity contribution in [3.8, 4) is 0 Å². The van der Waals surface area contributed by atoms with Crippen LogP contribution in [0.4, 0.5) is 8.78 Å². The molecule has 76 valence electrons. The summed E-state index contributed by atoms with van der Waals surface area (Å²) in [6.07, 6.45) is -0.362. The SMILES string of the molecule is O=C(O)Cc1cc(F)c(F)cc1CCl. The molecule has 1 rings (SSSR count). The quantitative estimate of drug-likeness (QED) is 0.794. The third kappa shape index (κ3) is 2.42. The van der Waals surface area contributed by atoms with Crippen molar-refractivity contribution in [1.29, 1.82) is 0 Å². The number of benzene rings is 1. The lowest BCUT2D eigenvalue weighted by atomic mass is 10.1. The minimum Gasteiger partial charge on any atom is -0.481 e. The topological polar surface area (TPSA) is 37.3 Å². The van der Waals surface area contributed by atoms with E-state index in [4.69, 9.17) is 16.7 Å². The van der Waals surface area contributed by atoms with Gasteiger partial charge in [0.05, 0.1) is 6.42 Å². The average Bonchev–Trinajstić information content (AvgIpc) is 2.10. The number of hydrogen-bond acceptors (Lipinski definition) is 1. The lowest BCUT2D eigenvalue weighted by Crippen LogP contribution is -2.04. The summed E-state index contributed by atoms with van der Waals surface area (Å²) >= 11 is 5.46. The maximum Gasteiger partial charge on any atom is 0.307 e. The lowest BCUT2D eigenvalue weighted by molar-refractivity contribution is -0.136. The molecule has 14 heavy (non-hydrogen) atoms. The van der Waals surface area contributed by atoms with E-state index in [1.165, 1.54) is 0 Å². The Morgan fingerprint density at radius 2 is 1.79 bits per heavy atom. The number of aliphatic carboxylic acids is 1. The molecule has 1 aromatic rings. The summed E-state index contributed by atoms with van der Waals surface area (Å²) in [5.74, 6) is -3.23. The van der Waals surface area contributed by atoms with Gasteiger partial charge in [0.1, 0.15) is 0 Å². The summed E-state index contributed by atoms with van der Waals surface area (Å²) in [7, 11) is 0. The lowest BCUT2D eigenvalue weighted by Gasteiger charge is -2.05. The van der Waals surface area contributed by atoms with E-state index >= 15 is 0 Å². The van der Waals surface area contributed by atoms with Crippen LogP contribution in [-0.2, 0) is 17.1 Å². The van der Waals surface area contributed by atoms with Crippen molar-refractivity contribution in [1.82, 2.24) is 0 Å². The van der Waals surface area contributed by atoms with Gasteiger partial charge in [-0.3, -0.25) is 4.79 Å². The van der Waals surface area contributed by atoms with Crippen LogP contribution >= 0.6 is 11.6 Å². The standard InChI is InChI=1S/C9H7ClF2O2/c10-4-6-2-8(12)7(11)1-5(6)3-9(13)14/h1-2H,3-4H2,(H,13,14). The van der Waals surface area contributed by atoms with Gasteiger partial charge in [-0.1, -0.05) is 0 Å². The second-order valence-electron chi connectivity index (χ2n) is 2.74. The number of carbonyl (C=O) groups is 1. The van der Waals surface area contributed by atoms with E-state index in [-0.39, 0.29) is 17.9 Å². The molecule has 0 aliphatic carbocycles. The van der Waals surface area contributed by atoms with Crippen LogP contribution < -0.4 is 0 Å². The van der Waals surface area contributed by atoms with Crippen molar-refractivity contribution in [3.05, 3.63) is 34.9 Å². The van der Waals surface area contributed by atoms with Crippen LogP contribution in [0.3, 0.4) is 0 Å². The van der Waals surface area contributed by atoms with Gasteiger partial charge in [-0.05, 0) is 23.3 Å². The molecule has 0 fully saturated rings. The predicted octanol–water partition coefficient (Wildman–Crippen LogP) is 2.33. The van der Waals surface area contributed by atoms with Crippen molar-refractivity contribution in [3.63, 3.8) is 0 Å². The third-order valence-electron chi connectivity index (χ3n) is 1.73. The van der Waals surface area contributed by atoms with Gasteiger partial charge >= 0.3 is 5.97 Å². The highest BCUT2D eigenvalue weighted by Gasteiger charge is 2.11. The Kier molecular flexibility index (Phi) is 3.41. The first-order chi connectivity index (χ1) is 6.54. The number of alkyl halides is 1. The molecule has 0 saturated carbocycles. The van der Waals surface area contributed by atoms with E-state index in [1.807, 2.05) is 0 Å². The predicted molar refractivity (Wildman–Crippen MR) is 47.3 cm³/mol. The minimum absolute atomic E-state index is 0.0419. The molecule has 0 aromatic heterocycles. The van der Waals surface area contributed by atoms with Crippen LogP contribution in [0.5, 0.6) is 0 Å². The van der Waals surface area contributed by atoms with Gasteiger partial charge < -0.3 is 5.11 Å². The Hall–Kier alpha value is -1.16. The zero-order valence-corrected chi connectivity index (χ0v) is 7.81. The number of hydrogen-bond donors (Lipinski definition) is 1. The van der Waals surface area contributed by atoms with Crippen molar-refractivity contribution in [2.24, 2.45) is 0 Å². The van der Waals surface area contributed by atoms with Gasteiger partial charge in [0.2, 0.25) is 0 Å². The highest BCUT2D eigenvalue weighted by molar-refractivity contribution is 6.17. The van der Waals surface area contributed by atoms with Crippen LogP contribution in [0.2, 0.25) is 0 Å². The van der Waals surface area contributed by atoms with Crippen molar-refractivity contribution < 1.29 is 18.7 Å². The third-order valence-corrected chi connectivity index (χ3v) is 2.02. The van der Waals surface area contributed by atoms with Crippen LogP contribution in [0.25, 0.3) is 0 Å². The first-order valence-corrected chi connectivity index (χ1v) is 4.32. The Balaban J connectivity index is 3.13. The van der Waals surface area contributed by atoms with Gasteiger partial charge in [0, 0.05) is 5.88 Å². The van der Waals surface area contributed by atoms with Gasteiger partial charge in [-0.15, -0.1) is 11.6 Å². The second-order valence-corrected chi connectivity index (χ2v) is 3.01. The average molecular weight is 221 g/mol. The van der Waals surface area contributed by atoms with Crippen LogP contribution in [0.15, 0.2) is 12.1 Å². The largest absolute Gasteiger partial charge is 0.481 e. The number of halogens is 3. The molecular weight excluding hydrogens is 214 g/mol. The maximum atomic E-state index is 12.7. The molecule has 0 saturated heterocycles. The zero-order valence-electron chi connectivity index (χ0n) is 7.06. The van der Waals surface area contributed by atoms with E-state index in [1.54, 1.807) is 0 Å². The van der Waals surface area contributed by atoms with Crippen LogP contribution in [0, 0.1) is 11.6 Å². The van der Waals surface area contributed by atoms with E-state index < -0.39 is 17.6 Å². The minimum atomic E-state index is -1.11. The summed E-state index contributed by atoms with van der Waals surface area (Å²) in [5.41, 5.74) is 0.499. The van der Waals surface area contributed by atoms with E-state index in [0.29, 0.717) is 5.56 Å². The van der Waals surface area contributed by atoms with Crippen molar-refractivity contribution >= 4 is 17.6 Å². The van der Waals surface area contributed by atoms with E-state index in [0.717, 1.165) is 12.1 Å². The van der Waals surface area contributed by atoms with Crippen molar-refractivity contribution in [2.75, 3.05) is 0 Å². The molecule has 0 bridgehead atoms. The number of carboxylic acid groups (broad SMARTS) is 1. The first-order valence-electron chi connectivity index (χ1n) is 3.79. The molecule has 0 amide bonds. The van der Waals surface area contributed by atoms with E-state index in [9.17, 15) is 13.6 Å².